The molecule has 1 fully saturated rings. The Balaban J connectivity index is 2.72. The van der Waals surface area contributed by atoms with Crippen LogP contribution < -0.4 is 5.32 Å². The second-order valence-electron chi connectivity index (χ2n) is 6.64. The van der Waals surface area contributed by atoms with Gasteiger partial charge in [0.05, 0.1) is 12.1 Å². The topological polar surface area (TPSA) is 42.9 Å². The maximum absolute atomic E-state index is 12.9. The second-order valence-corrected chi connectivity index (χ2v) is 6.64. The predicted octanol–water partition coefficient (Wildman–Crippen LogP) is 4.51. The van der Waals surface area contributed by atoms with Gasteiger partial charge in [0.25, 0.3) is 0 Å². The van der Waals surface area contributed by atoms with Crippen LogP contribution in [0.15, 0.2) is 16.3 Å². The molecule has 1 aliphatic rings. The Kier molecular flexibility index (Phi) is 8.30. The lowest BCUT2D eigenvalue weighted by Crippen LogP contribution is -2.41. The molecule has 0 aromatic carbocycles. The van der Waals surface area contributed by atoms with Crippen molar-refractivity contribution < 1.29 is 18.3 Å². The first-order valence-corrected chi connectivity index (χ1v) is 8.82. The maximum atomic E-state index is 12.9. The van der Waals surface area contributed by atoms with Crippen molar-refractivity contribution in [1.29, 1.82) is 0 Å². The van der Waals surface area contributed by atoms with Gasteiger partial charge < -0.3 is 14.8 Å². The Morgan fingerprint density at radius 1 is 1.29 bits per heavy atom. The Labute approximate surface area is 144 Å². The summed E-state index contributed by atoms with van der Waals surface area (Å²) in [5.41, 5.74) is 1.05. The average Bonchev–Trinajstić information content (AvgIpc) is 2.43. The van der Waals surface area contributed by atoms with E-state index in [1.165, 1.54) is 0 Å². The highest BCUT2D eigenvalue weighted by Crippen LogP contribution is 2.40. The second kappa shape index (κ2) is 9.47. The van der Waals surface area contributed by atoms with Gasteiger partial charge >= 0.3 is 6.11 Å². The van der Waals surface area contributed by atoms with Gasteiger partial charge in [0.1, 0.15) is 5.76 Å². The molecule has 0 aromatic rings. The van der Waals surface area contributed by atoms with Crippen LogP contribution in [0.2, 0.25) is 0 Å². The Morgan fingerprint density at radius 3 is 2.33 bits per heavy atom. The number of rotatable bonds is 9. The van der Waals surface area contributed by atoms with Crippen molar-refractivity contribution >= 4 is 5.90 Å². The number of ether oxygens (including phenoxy) is 2. The van der Waals surface area contributed by atoms with E-state index in [0.29, 0.717) is 18.7 Å². The molecule has 0 aromatic heterocycles. The first kappa shape index (κ1) is 21.0. The SMILES string of the molecule is CCC[C@@H](NCC)/C(=N/C)OC(=C(C)C)[C@H]1C[C@@H](OC(C)(F)F)C1. The monoisotopic (exact) mass is 346 g/mol. The van der Waals surface area contributed by atoms with Crippen LogP contribution in [0.5, 0.6) is 0 Å². The highest BCUT2D eigenvalue weighted by molar-refractivity contribution is 5.82. The molecule has 0 saturated heterocycles. The van der Waals surface area contributed by atoms with Gasteiger partial charge in [0.15, 0.2) is 0 Å². The van der Waals surface area contributed by atoms with Crippen molar-refractivity contribution in [3.63, 3.8) is 0 Å². The Morgan fingerprint density at radius 2 is 1.92 bits per heavy atom. The minimum Gasteiger partial charge on any atom is -0.446 e. The minimum absolute atomic E-state index is 0.0754. The van der Waals surface area contributed by atoms with Crippen LogP contribution in [0.3, 0.4) is 0 Å². The van der Waals surface area contributed by atoms with E-state index in [1.54, 1.807) is 7.05 Å². The largest absolute Gasteiger partial charge is 0.446 e. The van der Waals surface area contributed by atoms with Gasteiger partial charge in [-0.05, 0) is 45.2 Å². The molecule has 6 heteroatoms. The molecule has 0 spiro atoms. The summed E-state index contributed by atoms with van der Waals surface area (Å²) in [7, 11) is 1.72. The fourth-order valence-electron chi connectivity index (χ4n) is 3.00. The first-order valence-electron chi connectivity index (χ1n) is 8.82. The van der Waals surface area contributed by atoms with Gasteiger partial charge in [-0.3, -0.25) is 4.99 Å². The zero-order valence-electron chi connectivity index (χ0n) is 15.8. The molecule has 0 unspecified atom stereocenters. The van der Waals surface area contributed by atoms with E-state index in [0.717, 1.165) is 37.6 Å². The van der Waals surface area contributed by atoms with Gasteiger partial charge in [0, 0.05) is 19.9 Å². The third-order valence-corrected chi connectivity index (χ3v) is 4.09. The molecule has 0 radical (unpaired) electrons. The lowest BCUT2D eigenvalue weighted by molar-refractivity contribution is -0.267. The van der Waals surface area contributed by atoms with Crippen molar-refractivity contribution in [3.8, 4) is 0 Å². The average molecular weight is 346 g/mol. The van der Waals surface area contributed by atoms with Gasteiger partial charge in [0.2, 0.25) is 5.90 Å². The highest BCUT2D eigenvalue weighted by Gasteiger charge is 2.40. The maximum Gasteiger partial charge on any atom is 0.353 e. The highest BCUT2D eigenvalue weighted by atomic mass is 19.3. The van der Waals surface area contributed by atoms with Crippen molar-refractivity contribution in [2.24, 2.45) is 10.9 Å². The summed E-state index contributed by atoms with van der Waals surface area (Å²) in [6.07, 6.45) is -0.407. The zero-order chi connectivity index (χ0) is 18.3. The van der Waals surface area contributed by atoms with Crippen molar-refractivity contribution in [3.05, 3.63) is 11.3 Å². The summed E-state index contributed by atoms with van der Waals surface area (Å²) in [6, 6.07) is 0.0754. The van der Waals surface area contributed by atoms with E-state index in [9.17, 15) is 8.78 Å². The van der Waals surface area contributed by atoms with Gasteiger partial charge in [-0.1, -0.05) is 20.3 Å². The molecule has 0 heterocycles. The standard InChI is InChI=1S/C18H32F2N2O2/c1-7-9-15(22-8-2)17(21-6)23-16(12(3)4)13-10-14(11-13)24-18(5,19)20/h13-15,22H,7-11H2,1-6H3/b21-17-/t13-,14+,15-/m1/s1. The number of likely N-dealkylation sites (N-methyl/N-ethyl adjacent to an activating group) is 1. The summed E-state index contributed by atoms with van der Waals surface area (Å²) in [5.74, 6) is 1.62. The fraction of sp³-hybridized carbons (Fsp3) is 0.833. The van der Waals surface area contributed by atoms with E-state index in [4.69, 9.17) is 9.47 Å². The quantitative estimate of drug-likeness (QED) is 0.379. The van der Waals surface area contributed by atoms with Gasteiger partial charge in [-0.15, -0.1) is 0 Å². The minimum atomic E-state index is -3.07. The molecule has 0 aliphatic heterocycles. The van der Waals surface area contributed by atoms with E-state index < -0.39 is 12.2 Å². The van der Waals surface area contributed by atoms with Crippen molar-refractivity contribution in [1.82, 2.24) is 5.32 Å². The molecule has 1 rings (SSSR count). The number of nitrogens with zero attached hydrogens (tertiary/aromatic N) is 1. The zero-order valence-corrected chi connectivity index (χ0v) is 15.8. The number of hydrogen-bond donors (Lipinski definition) is 1. The Hall–Kier alpha value is -1.01. The summed E-state index contributed by atoms with van der Waals surface area (Å²) < 4.78 is 36.7. The number of aliphatic imine (C=N–C) groups is 1. The third kappa shape index (κ3) is 6.48. The molecule has 1 N–H and O–H groups in total. The molecule has 1 aliphatic carbocycles. The smallest absolute Gasteiger partial charge is 0.353 e. The molecule has 140 valence electrons. The summed E-state index contributed by atoms with van der Waals surface area (Å²) in [4.78, 5) is 4.31. The van der Waals surface area contributed by atoms with Crippen LogP contribution in [0.1, 0.15) is 60.3 Å². The van der Waals surface area contributed by atoms with Crippen LogP contribution in [0.25, 0.3) is 0 Å². The molecular formula is C18H32F2N2O2. The first-order chi connectivity index (χ1) is 11.2. The summed E-state index contributed by atoms with van der Waals surface area (Å²) >= 11 is 0. The van der Waals surface area contributed by atoms with Gasteiger partial charge in [-0.2, -0.15) is 8.78 Å². The number of nitrogens with one attached hydrogen (secondary N) is 1. The van der Waals surface area contributed by atoms with Crippen LogP contribution >= 0.6 is 0 Å². The number of hydrogen-bond acceptors (Lipinski definition) is 4. The third-order valence-electron chi connectivity index (χ3n) is 4.09. The fourth-order valence-corrected chi connectivity index (χ4v) is 3.00. The van der Waals surface area contributed by atoms with Crippen molar-refractivity contribution in [2.45, 2.75) is 78.6 Å². The molecule has 0 bridgehead atoms. The van der Waals surface area contributed by atoms with Crippen LogP contribution in [-0.4, -0.2) is 37.7 Å². The molecule has 1 atom stereocenters. The van der Waals surface area contributed by atoms with Gasteiger partial charge in [-0.25, -0.2) is 0 Å². The molecule has 1 saturated carbocycles. The lowest BCUT2D eigenvalue weighted by atomic mass is 9.79. The lowest BCUT2D eigenvalue weighted by Gasteiger charge is -2.38. The normalized spacial score (nSPS) is 22.8. The molecule has 24 heavy (non-hydrogen) atoms. The molecule has 0 amide bonds. The summed E-state index contributed by atoms with van der Waals surface area (Å²) in [5, 5.41) is 3.39. The van der Waals surface area contributed by atoms with E-state index in [2.05, 4.69) is 24.2 Å². The van der Waals surface area contributed by atoms with E-state index in [-0.39, 0.29) is 12.0 Å². The molecular weight excluding hydrogens is 314 g/mol. The predicted molar refractivity (Wildman–Crippen MR) is 93.4 cm³/mol. The number of halogens is 2. The van der Waals surface area contributed by atoms with Crippen LogP contribution in [-0.2, 0) is 9.47 Å². The number of alkyl halides is 2. The van der Waals surface area contributed by atoms with E-state index in [1.807, 2.05) is 13.8 Å². The summed E-state index contributed by atoms with van der Waals surface area (Å²) in [6.45, 7) is 9.75. The number of allylic oxidation sites excluding steroid dienone is 2. The Bertz CT molecular complexity index is 442. The van der Waals surface area contributed by atoms with E-state index >= 15 is 0 Å². The molecule has 4 nitrogen and oxygen atoms in total. The van der Waals surface area contributed by atoms with Crippen LogP contribution in [0.4, 0.5) is 8.78 Å². The van der Waals surface area contributed by atoms with Crippen molar-refractivity contribution in [2.75, 3.05) is 13.6 Å². The van der Waals surface area contributed by atoms with Crippen LogP contribution in [0, 0.1) is 5.92 Å².